The normalized spacial score (nSPS) is 11.6. The summed E-state index contributed by atoms with van der Waals surface area (Å²) in [5.74, 6) is 0.170. The molecule has 0 bridgehead atoms. The van der Waals surface area contributed by atoms with Gasteiger partial charge in [0.25, 0.3) is 0 Å². The molecule has 0 saturated carbocycles. The topological polar surface area (TPSA) is 37.3 Å². The van der Waals surface area contributed by atoms with Crippen molar-refractivity contribution in [3.05, 3.63) is 12.2 Å². The molecule has 0 unspecified atom stereocenters. The van der Waals surface area contributed by atoms with Crippen molar-refractivity contribution < 1.29 is 9.90 Å². The molecule has 2 nitrogen and oxygen atoms in total. The molecule has 0 aliphatic heterocycles. The Kier molecular flexibility index (Phi) is 14.0. The third-order valence-corrected chi connectivity index (χ3v) is 3.58. The SMILES string of the molecule is CC(C)CCCCCCCCCC=CCCCC(=O)O. The minimum Gasteiger partial charge on any atom is -0.481 e. The Morgan fingerprint density at radius 3 is 1.90 bits per heavy atom. The van der Waals surface area contributed by atoms with Crippen LogP contribution in [0.25, 0.3) is 0 Å². The van der Waals surface area contributed by atoms with Gasteiger partial charge in [0.2, 0.25) is 0 Å². The number of hydrogen-bond acceptors (Lipinski definition) is 1. The third kappa shape index (κ3) is 17.2. The zero-order valence-corrected chi connectivity index (χ0v) is 13.6. The summed E-state index contributed by atoms with van der Waals surface area (Å²) >= 11 is 0. The van der Waals surface area contributed by atoms with E-state index in [1.165, 1.54) is 51.4 Å². The molecule has 0 aliphatic rings. The third-order valence-electron chi connectivity index (χ3n) is 3.58. The minimum atomic E-state index is -0.688. The fourth-order valence-corrected chi connectivity index (χ4v) is 2.31. The summed E-state index contributed by atoms with van der Waals surface area (Å²) in [6.45, 7) is 4.60. The Balaban J connectivity index is 3.09. The summed E-state index contributed by atoms with van der Waals surface area (Å²) < 4.78 is 0. The molecule has 0 aromatic heterocycles. The summed E-state index contributed by atoms with van der Waals surface area (Å²) in [5.41, 5.74) is 0. The van der Waals surface area contributed by atoms with Gasteiger partial charge in [0, 0.05) is 6.42 Å². The first-order chi connectivity index (χ1) is 9.63. The largest absolute Gasteiger partial charge is 0.481 e. The molecule has 0 amide bonds. The van der Waals surface area contributed by atoms with Gasteiger partial charge in [-0.1, -0.05) is 70.9 Å². The van der Waals surface area contributed by atoms with Gasteiger partial charge in [-0.15, -0.1) is 0 Å². The molecule has 0 aromatic carbocycles. The summed E-state index contributed by atoms with van der Waals surface area (Å²) in [6.07, 6.45) is 18.4. The van der Waals surface area contributed by atoms with E-state index in [1.54, 1.807) is 0 Å². The van der Waals surface area contributed by atoms with Crippen LogP contribution in [0.15, 0.2) is 12.2 Å². The first-order valence-corrected chi connectivity index (χ1v) is 8.49. The monoisotopic (exact) mass is 282 g/mol. The predicted octanol–water partition coefficient (Wildman–Crippen LogP) is 5.96. The molecule has 0 aliphatic carbocycles. The summed E-state index contributed by atoms with van der Waals surface area (Å²) in [4.78, 5) is 10.3. The molecule has 20 heavy (non-hydrogen) atoms. The van der Waals surface area contributed by atoms with E-state index in [1.807, 2.05) is 0 Å². The smallest absolute Gasteiger partial charge is 0.303 e. The van der Waals surface area contributed by atoms with Crippen LogP contribution in [0.4, 0.5) is 0 Å². The van der Waals surface area contributed by atoms with Gasteiger partial charge in [0.15, 0.2) is 0 Å². The second-order valence-electron chi connectivity index (χ2n) is 6.20. The van der Waals surface area contributed by atoms with Gasteiger partial charge in [-0.2, -0.15) is 0 Å². The van der Waals surface area contributed by atoms with Crippen molar-refractivity contribution in [1.82, 2.24) is 0 Å². The van der Waals surface area contributed by atoms with Crippen molar-refractivity contribution in [3.8, 4) is 0 Å². The zero-order valence-electron chi connectivity index (χ0n) is 13.6. The highest BCUT2D eigenvalue weighted by Gasteiger charge is 1.95. The van der Waals surface area contributed by atoms with Crippen LogP contribution in [0.3, 0.4) is 0 Å². The Morgan fingerprint density at radius 1 is 0.850 bits per heavy atom. The average molecular weight is 282 g/mol. The molecule has 0 saturated heterocycles. The van der Waals surface area contributed by atoms with Crippen molar-refractivity contribution in [2.75, 3.05) is 0 Å². The quantitative estimate of drug-likeness (QED) is 0.315. The molecule has 1 N–H and O–H groups in total. The predicted molar refractivity (Wildman–Crippen MR) is 87.0 cm³/mol. The number of rotatable bonds is 14. The second kappa shape index (κ2) is 14.6. The molecule has 0 heterocycles. The van der Waals surface area contributed by atoms with E-state index >= 15 is 0 Å². The van der Waals surface area contributed by atoms with Crippen LogP contribution in [0.2, 0.25) is 0 Å². The van der Waals surface area contributed by atoms with E-state index in [-0.39, 0.29) is 0 Å². The second-order valence-corrected chi connectivity index (χ2v) is 6.20. The van der Waals surface area contributed by atoms with Gasteiger partial charge >= 0.3 is 5.97 Å². The number of carboxylic acids is 1. The van der Waals surface area contributed by atoms with Gasteiger partial charge in [-0.05, 0) is 31.6 Å². The van der Waals surface area contributed by atoms with E-state index in [9.17, 15) is 4.79 Å². The molecular weight excluding hydrogens is 248 g/mol. The van der Waals surface area contributed by atoms with Crippen LogP contribution in [0.1, 0.15) is 90.9 Å². The molecule has 0 atom stereocenters. The lowest BCUT2D eigenvalue weighted by Crippen LogP contribution is -1.92. The Morgan fingerprint density at radius 2 is 1.35 bits per heavy atom. The van der Waals surface area contributed by atoms with Crippen molar-refractivity contribution in [2.24, 2.45) is 5.92 Å². The average Bonchev–Trinajstić information content (AvgIpc) is 2.38. The van der Waals surface area contributed by atoms with Crippen LogP contribution in [-0.4, -0.2) is 11.1 Å². The van der Waals surface area contributed by atoms with Crippen molar-refractivity contribution >= 4 is 5.97 Å². The number of carbonyl (C=O) groups is 1. The molecule has 0 radical (unpaired) electrons. The Labute approximate surface area is 125 Å². The molecule has 0 aromatic rings. The first kappa shape index (κ1) is 19.2. The lowest BCUT2D eigenvalue weighted by atomic mass is 10.0. The number of carboxylic acid groups (broad SMARTS) is 1. The molecule has 0 spiro atoms. The van der Waals surface area contributed by atoms with E-state index in [2.05, 4.69) is 26.0 Å². The maximum Gasteiger partial charge on any atom is 0.303 e. The lowest BCUT2D eigenvalue weighted by Gasteiger charge is -2.04. The number of hydrogen-bond donors (Lipinski definition) is 1. The summed E-state index contributed by atoms with van der Waals surface area (Å²) in [7, 11) is 0. The van der Waals surface area contributed by atoms with Crippen LogP contribution in [-0.2, 0) is 4.79 Å². The molecule has 0 rings (SSSR count). The van der Waals surface area contributed by atoms with Gasteiger partial charge in [0.1, 0.15) is 0 Å². The van der Waals surface area contributed by atoms with Crippen molar-refractivity contribution in [2.45, 2.75) is 90.9 Å². The highest BCUT2D eigenvalue weighted by atomic mass is 16.4. The highest BCUT2D eigenvalue weighted by molar-refractivity contribution is 5.66. The Hall–Kier alpha value is -0.790. The zero-order chi connectivity index (χ0) is 15.1. The van der Waals surface area contributed by atoms with Crippen molar-refractivity contribution in [1.29, 1.82) is 0 Å². The van der Waals surface area contributed by atoms with Gasteiger partial charge in [0.05, 0.1) is 0 Å². The number of aliphatic carboxylic acids is 1. The van der Waals surface area contributed by atoms with Crippen LogP contribution >= 0.6 is 0 Å². The molecule has 118 valence electrons. The number of unbranched alkanes of at least 4 members (excludes halogenated alkanes) is 8. The van der Waals surface area contributed by atoms with Gasteiger partial charge in [-0.3, -0.25) is 4.79 Å². The van der Waals surface area contributed by atoms with Gasteiger partial charge in [-0.25, -0.2) is 0 Å². The fraction of sp³-hybridized carbons (Fsp3) is 0.833. The summed E-state index contributed by atoms with van der Waals surface area (Å²) in [5, 5.41) is 8.49. The molecular formula is C18H34O2. The van der Waals surface area contributed by atoms with Gasteiger partial charge < -0.3 is 5.11 Å². The van der Waals surface area contributed by atoms with E-state index in [0.717, 1.165) is 25.2 Å². The molecule has 2 heteroatoms. The fourth-order valence-electron chi connectivity index (χ4n) is 2.31. The van der Waals surface area contributed by atoms with E-state index in [0.29, 0.717) is 6.42 Å². The number of allylic oxidation sites excluding steroid dienone is 2. The molecule has 0 fully saturated rings. The maximum atomic E-state index is 10.3. The minimum absolute atomic E-state index is 0.293. The van der Waals surface area contributed by atoms with Crippen molar-refractivity contribution in [3.63, 3.8) is 0 Å². The first-order valence-electron chi connectivity index (χ1n) is 8.49. The lowest BCUT2D eigenvalue weighted by molar-refractivity contribution is -0.137. The summed E-state index contributed by atoms with van der Waals surface area (Å²) in [6, 6.07) is 0. The highest BCUT2D eigenvalue weighted by Crippen LogP contribution is 2.12. The van der Waals surface area contributed by atoms with E-state index in [4.69, 9.17) is 5.11 Å². The van der Waals surface area contributed by atoms with Crippen LogP contribution in [0, 0.1) is 5.92 Å². The van der Waals surface area contributed by atoms with Crippen LogP contribution in [0.5, 0.6) is 0 Å². The Bertz CT molecular complexity index is 244. The standard InChI is InChI=1S/C18H34O2/c1-17(2)15-13-11-9-7-5-3-4-6-8-10-12-14-16-18(19)20/h8,10,17H,3-7,9,11-16H2,1-2H3,(H,19,20). The van der Waals surface area contributed by atoms with E-state index < -0.39 is 5.97 Å². The van der Waals surface area contributed by atoms with Crippen LogP contribution < -0.4 is 0 Å². The maximum absolute atomic E-state index is 10.3.